The Bertz CT molecular complexity index is 623. The minimum Gasteiger partial charge on any atom is -0.493 e. The zero-order valence-electron chi connectivity index (χ0n) is 13.4. The Balaban J connectivity index is 2.26. The van der Waals surface area contributed by atoms with Crippen molar-refractivity contribution in [2.75, 3.05) is 19.5 Å². The molecule has 1 atom stereocenters. The molecule has 2 rings (SSSR count). The van der Waals surface area contributed by atoms with Gasteiger partial charge in [0.05, 0.1) is 14.2 Å². The molecule has 0 fully saturated rings. The summed E-state index contributed by atoms with van der Waals surface area (Å²) in [6, 6.07) is 12.7. The van der Waals surface area contributed by atoms with E-state index in [9.17, 15) is 0 Å². The van der Waals surface area contributed by atoms with Crippen LogP contribution in [0.3, 0.4) is 0 Å². The number of rotatable bonds is 5. The molecule has 112 valence electrons. The first-order valence-electron chi connectivity index (χ1n) is 7.11. The summed E-state index contributed by atoms with van der Waals surface area (Å²) in [5.41, 5.74) is 4.73. The fourth-order valence-corrected chi connectivity index (χ4v) is 2.39. The van der Waals surface area contributed by atoms with Crippen molar-refractivity contribution in [1.29, 1.82) is 0 Å². The van der Waals surface area contributed by atoms with E-state index >= 15 is 0 Å². The number of nitrogens with one attached hydrogen (secondary N) is 1. The second-order valence-electron chi connectivity index (χ2n) is 5.30. The quantitative estimate of drug-likeness (QED) is 0.877. The maximum atomic E-state index is 5.37. The lowest BCUT2D eigenvalue weighted by molar-refractivity contribution is 0.355. The van der Waals surface area contributed by atoms with Crippen molar-refractivity contribution in [3.8, 4) is 11.5 Å². The predicted octanol–water partition coefficient (Wildman–Crippen LogP) is 4.49. The summed E-state index contributed by atoms with van der Waals surface area (Å²) >= 11 is 0. The monoisotopic (exact) mass is 285 g/mol. The zero-order chi connectivity index (χ0) is 15.4. The van der Waals surface area contributed by atoms with Crippen molar-refractivity contribution < 1.29 is 9.47 Å². The lowest BCUT2D eigenvalue weighted by Gasteiger charge is -2.19. The van der Waals surface area contributed by atoms with Crippen molar-refractivity contribution in [2.24, 2.45) is 0 Å². The van der Waals surface area contributed by atoms with Crippen LogP contribution in [0.15, 0.2) is 36.4 Å². The lowest BCUT2D eigenvalue weighted by Crippen LogP contribution is -2.08. The summed E-state index contributed by atoms with van der Waals surface area (Å²) in [6.07, 6.45) is 0. The van der Waals surface area contributed by atoms with Crippen LogP contribution in [0.5, 0.6) is 11.5 Å². The third-order valence-corrected chi connectivity index (χ3v) is 3.64. The van der Waals surface area contributed by atoms with E-state index in [1.54, 1.807) is 14.2 Å². The summed E-state index contributed by atoms with van der Waals surface area (Å²) < 4.78 is 10.7. The van der Waals surface area contributed by atoms with Crippen LogP contribution in [0.4, 0.5) is 5.69 Å². The molecule has 2 aromatic carbocycles. The van der Waals surface area contributed by atoms with Crippen LogP contribution in [-0.2, 0) is 0 Å². The minimum absolute atomic E-state index is 0.224. The van der Waals surface area contributed by atoms with Crippen LogP contribution < -0.4 is 14.8 Å². The summed E-state index contributed by atoms with van der Waals surface area (Å²) in [7, 11) is 3.31. The zero-order valence-corrected chi connectivity index (χ0v) is 13.4. The molecule has 1 N–H and O–H groups in total. The van der Waals surface area contributed by atoms with Gasteiger partial charge in [0.25, 0.3) is 0 Å². The van der Waals surface area contributed by atoms with Gasteiger partial charge in [-0.3, -0.25) is 0 Å². The summed E-state index contributed by atoms with van der Waals surface area (Å²) in [5, 5.41) is 3.54. The van der Waals surface area contributed by atoms with Crippen molar-refractivity contribution >= 4 is 5.69 Å². The standard InChI is InChI=1S/C18H23NO2/c1-12-7-6-8-15(9-12)14(3)19-16-11-18(21-5)17(20-4)10-13(16)2/h6-11,14,19H,1-5H3. The molecule has 0 saturated carbocycles. The maximum Gasteiger partial charge on any atom is 0.162 e. The van der Waals surface area contributed by atoms with Gasteiger partial charge in [-0.1, -0.05) is 29.8 Å². The van der Waals surface area contributed by atoms with E-state index in [2.05, 4.69) is 50.4 Å². The molecule has 0 spiro atoms. The second-order valence-corrected chi connectivity index (χ2v) is 5.30. The fourth-order valence-electron chi connectivity index (χ4n) is 2.39. The maximum absolute atomic E-state index is 5.37. The highest BCUT2D eigenvalue weighted by Crippen LogP contribution is 2.34. The van der Waals surface area contributed by atoms with Crippen LogP contribution in [0, 0.1) is 13.8 Å². The average Bonchev–Trinajstić information content (AvgIpc) is 2.48. The Labute approximate surface area is 126 Å². The third kappa shape index (κ3) is 3.48. The molecule has 21 heavy (non-hydrogen) atoms. The van der Waals surface area contributed by atoms with Gasteiger partial charge in [0.15, 0.2) is 11.5 Å². The van der Waals surface area contributed by atoms with E-state index in [-0.39, 0.29) is 6.04 Å². The van der Waals surface area contributed by atoms with Gasteiger partial charge in [0.1, 0.15) is 0 Å². The van der Waals surface area contributed by atoms with Crippen LogP contribution >= 0.6 is 0 Å². The Kier molecular flexibility index (Phi) is 4.73. The number of anilines is 1. The Hall–Kier alpha value is -2.16. The molecule has 0 saturated heterocycles. The molecule has 1 unspecified atom stereocenters. The molecule has 2 aromatic rings. The number of ether oxygens (including phenoxy) is 2. The number of hydrogen-bond donors (Lipinski definition) is 1. The first-order valence-corrected chi connectivity index (χ1v) is 7.11. The van der Waals surface area contributed by atoms with Crippen LogP contribution in [-0.4, -0.2) is 14.2 Å². The Morgan fingerprint density at radius 2 is 1.62 bits per heavy atom. The normalized spacial score (nSPS) is 11.9. The smallest absolute Gasteiger partial charge is 0.162 e. The number of aryl methyl sites for hydroxylation is 2. The van der Waals surface area contributed by atoms with Gasteiger partial charge in [-0.05, 0) is 38.0 Å². The van der Waals surface area contributed by atoms with E-state index in [1.807, 2.05) is 12.1 Å². The largest absolute Gasteiger partial charge is 0.493 e. The molecule has 0 aromatic heterocycles. The summed E-state index contributed by atoms with van der Waals surface area (Å²) in [5.74, 6) is 1.49. The highest BCUT2D eigenvalue weighted by molar-refractivity contribution is 5.61. The average molecular weight is 285 g/mol. The number of hydrogen-bond acceptors (Lipinski definition) is 3. The third-order valence-electron chi connectivity index (χ3n) is 3.64. The van der Waals surface area contributed by atoms with Crippen LogP contribution in [0.1, 0.15) is 29.7 Å². The molecular weight excluding hydrogens is 262 g/mol. The molecule has 3 heteroatoms. The SMILES string of the molecule is COc1cc(C)c(NC(C)c2cccc(C)c2)cc1OC. The van der Waals surface area contributed by atoms with Crippen LogP contribution in [0.2, 0.25) is 0 Å². The van der Waals surface area contributed by atoms with Gasteiger partial charge in [-0.2, -0.15) is 0 Å². The Morgan fingerprint density at radius 3 is 2.24 bits per heavy atom. The first kappa shape index (κ1) is 15.2. The predicted molar refractivity (Wildman–Crippen MR) is 87.5 cm³/mol. The summed E-state index contributed by atoms with van der Waals surface area (Å²) in [6.45, 7) is 6.33. The van der Waals surface area contributed by atoms with Crippen molar-refractivity contribution in [3.63, 3.8) is 0 Å². The fraction of sp³-hybridized carbons (Fsp3) is 0.333. The molecule has 3 nitrogen and oxygen atoms in total. The molecule has 0 amide bonds. The molecule has 0 radical (unpaired) electrons. The van der Waals surface area contributed by atoms with Crippen molar-refractivity contribution in [1.82, 2.24) is 0 Å². The topological polar surface area (TPSA) is 30.5 Å². The molecule has 0 aliphatic heterocycles. The van der Waals surface area contributed by atoms with Gasteiger partial charge in [0, 0.05) is 17.8 Å². The molecule has 0 aliphatic rings. The van der Waals surface area contributed by atoms with Gasteiger partial charge >= 0.3 is 0 Å². The minimum atomic E-state index is 0.224. The van der Waals surface area contributed by atoms with Gasteiger partial charge in [-0.25, -0.2) is 0 Å². The number of methoxy groups -OCH3 is 2. The first-order chi connectivity index (χ1) is 10.0. The van der Waals surface area contributed by atoms with E-state index in [4.69, 9.17) is 9.47 Å². The van der Waals surface area contributed by atoms with E-state index in [0.717, 1.165) is 22.7 Å². The Morgan fingerprint density at radius 1 is 0.952 bits per heavy atom. The molecular formula is C18H23NO2. The van der Waals surface area contributed by atoms with E-state index in [0.29, 0.717) is 0 Å². The highest BCUT2D eigenvalue weighted by Gasteiger charge is 2.11. The van der Waals surface area contributed by atoms with Gasteiger partial charge in [-0.15, -0.1) is 0 Å². The van der Waals surface area contributed by atoms with E-state index in [1.165, 1.54) is 11.1 Å². The summed E-state index contributed by atoms with van der Waals surface area (Å²) in [4.78, 5) is 0. The molecule has 0 bridgehead atoms. The van der Waals surface area contributed by atoms with Gasteiger partial charge < -0.3 is 14.8 Å². The highest BCUT2D eigenvalue weighted by atomic mass is 16.5. The molecule has 0 aliphatic carbocycles. The number of benzene rings is 2. The second kappa shape index (κ2) is 6.53. The van der Waals surface area contributed by atoms with Crippen LogP contribution in [0.25, 0.3) is 0 Å². The van der Waals surface area contributed by atoms with E-state index < -0.39 is 0 Å². The molecule has 0 heterocycles. The van der Waals surface area contributed by atoms with Gasteiger partial charge in [0.2, 0.25) is 0 Å². The van der Waals surface area contributed by atoms with Crippen molar-refractivity contribution in [3.05, 3.63) is 53.1 Å². The van der Waals surface area contributed by atoms with Crippen molar-refractivity contribution in [2.45, 2.75) is 26.8 Å². The lowest BCUT2D eigenvalue weighted by atomic mass is 10.0.